The molecule has 108 valence electrons. The number of aromatic nitrogens is 2. The van der Waals surface area contributed by atoms with Gasteiger partial charge in [-0.15, -0.1) is 0 Å². The van der Waals surface area contributed by atoms with Crippen LogP contribution in [-0.4, -0.2) is 37.2 Å². The summed E-state index contributed by atoms with van der Waals surface area (Å²) in [6.45, 7) is 10.8. The molecular formula is C15H28N4. The Balaban J connectivity index is 2.54. The summed E-state index contributed by atoms with van der Waals surface area (Å²) in [5, 5.41) is 3.47. The third kappa shape index (κ3) is 5.15. The quantitative estimate of drug-likeness (QED) is 0.768. The van der Waals surface area contributed by atoms with Crippen LogP contribution in [0.2, 0.25) is 0 Å². The fourth-order valence-electron chi connectivity index (χ4n) is 2.06. The lowest BCUT2D eigenvalue weighted by atomic mass is 10.1. The van der Waals surface area contributed by atoms with Gasteiger partial charge in [-0.3, -0.25) is 0 Å². The zero-order valence-electron chi connectivity index (χ0n) is 13.2. The smallest absolute Gasteiger partial charge is 0.225 e. The molecule has 0 saturated carbocycles. The Morgan fingerprint density at radius 1 is 1.11 bits per heavy atom. The molecular weight excluding hydrogens is 236 g/mol. The number of nitrogens with zero attached hydrogens (tertiary/aromatic N) is 3. The number of anilines is 1. The minimum atomic E-state index is 0.714. The second-order valence-corrected chi connectivity index (χ2v) is 5.77. The van der Waals surface area contributed by atoms with Crippen molar-refractivity contribution in [3.63, 3.8) is 0 Å². The molecule has 0 atom stereocenters. The molecule has 1 N–H and O–H groups in total. The van der Waals surface area contributed by atoms with E-state index in [9.17, 15) is 0 Å². The van der Waals surface area contributed by atoms with E-state index in [1.807, 2.05) is 19.0 Å². The van der Waals surface area contributed by atoms with Gasteiger partial charge in [0, 0.05) is 25.5 Å². The van der Waals surface area contributed by atoms with E-state index in [0.717, 1.165) is 43.3 Å². The van der Waals surface area contributed by atoms with Crippen molar-refractivity contribution in [3.05, 3.63) is 17.0 Å². The Labute approximate surface area is 117 Å². The minimum Gasteiger partial charge on any atom is -0.347 e. The molecule has 1 heterocycles. The topological polar surface area (TPSA) is 41.1 Å². The fourth-order valence-corrected chi connectivity index (χ4v) is 2.06. The van der Waals surface area contributed by atoms with Crippen LogP contribution in [0.1, 0.15) is 37.2 Å². The monoisotopic (exact) mass is 264 g/mol. The molecule has 1 aromatic rings. The van der Waals surface area contributed by atoms with Crippen molar-refractivity contribution in [1.29, 1.82) is 0 Å². The number of hydrogen-bond donors (Lipinski definition) is 1. The third-order valence-corrected chi connectivity index (χ3v) is 3.14. The summed E-state index contributed by atoms with van der Waals surface area (Å²) >= 11 is 0. The van der Waals surface area contributed by atoms with Gasteiger partial charge < -0.3 is 10.2 Å². The summed E-state index contributed by atoms with van der Waals surface area (Å²) in [4.78, 5) is 11.1. The number of aryl methyl sites for hydroxylation is 2. The number of nitrogens with one attached hydrogen (secondary N) is 1. The average Bonchev–Trinajstić information content (AvgIpc) is 2.30. The van der Waals surface area contributed by atoms with Gasteiger partial charge in [-0.2, -0.15) is 0 Å². The largest absolute Gasteiger partial charge is 0.347 e. The molecule has 0 radical (unpaired) electrons. The van der Waals surface area contributed by atoms with Crippen LogP contribution in [0.4, 0.5) is 5.95 Å². The predicted molar refractivity (Wildman–Crippen MR) is 81.9 cm³/mol. The molecule has 19 heavy (non-hydrogen) atoms. The van der Waals surface area contributed by atoms with Crippen LogP contribution in [0.25, 0.3) is 0 Å². The van der Waals surface area contributed by atoms with Crippen LogP contribution in [0.5, 0.6) is 0 Å². The Morgan fingerprint density at radius 3 is 2.16 bits per heavy atom. The van der Waals surface area contributed by atoms with Crippen molar-refractivity contribution >= 4 is 5.95 Å². The van der Waals surface area contributed by atoms with Gasteiger partial charge in [0.05, 0.1) is 0 Å². The van der Waals surface area contributed by atoms with Gasteiger partial charge in [0.1, 0.15) is 0 Å². The summed E-state index contributed by atoms with van der Waals surface area (Å²) < 4.78 is 0. The highest BCUT2D eigenvalue weighted by atomic mass is 15.2. The lowest BCUT2D eigenvalue weighted by molar-refractivity contribution is 0.542. The van der Waals surface area contributed by atoms with Gasteiger partial charge in [0.15, 0.2) is 0 Å². The molecule has 0 spiro atoms. The first-order valence-electron chi connectivity index (χ1n) is 7.14. The van der Waals surface area contributed by atoms with Gasteiger partial charge in [0.2, 0.25) is 5.95 Å². The lowest BCUT2D eigenvalue weighted by Gasteiger charge is -2.15. The normalized spacial score (nSPS) is 11.1. The SMILES string of the molecule is Cc1nc(N(C)C)nc(C)c1CCCNCC(C)C. The molecule has 4 heteroatoms. The Bertz CT molecular complexity index is 376. The molecule has 0 aliphatic carbocycles. The summed E-state index contributed by atoms with van der Waals surface area (Å²) in [7, 11) is 3.95. The Kier molecular flexibility index (Phi) is 6.22. The molecule has 0 saturated heterocycles. The molecule has 1 rings (SSSR count). The maximum absolute atomic E-state index is 4.56. The molecule has 1 aromatic heterocycles. The average molecular weight is 264 g/mol. The highest BCUT2D eigenvalue weighted by molar-refractivity contribution is 5.35. The summed E-state index contributed by atoms with van der Waals surface area (Å²) in [5.41, 5.74) is 3.53. The van der Waals surface area contributed by atoms with Gasteiger partial charge in [-0.25, -0.2) is 9.97 Å². The van der Waals surface area contributed by atoms with E-state index in [2.05, 4.69) is 43.0 Å². The molecule has 0 unspecified atom stereocenters. The van der Waals surface area contributed by atoms with Gasteiger partial charge >= 0.3 is 0 Å². The molecule has 0 amide bonds. The van der Waals surface area contributed by atoms with Crippen molar-refractivity contribution in [2.45, 2.75) is 40.5 Å². The Morgan fingerprint density at radius 2 is 1.68 bits per heavy atom. The van der Waals surface area contributed by atoms with Crippen LogP contribution >= 0.6 is 0 Å². The van der Waals surface area contributed by atoms with E-state index in [1.165, 1.54) is 5.56 Å². The van der Waals surface area contributed by atoms with E-state index in [1.54, 1.807) is 0 Å². The van der Waals surface area contributed by atoms with Gasteiger partial charge in [0.25, 0.3) is 0 Å². The highest BCUT2D eigenvalue weighted by Crippen LogP contribution is 2.15. The van der Waals surface area contributed by atoms with E-state index in [0.29, 0.717) is 5.92 Å². The summed E-state index contributed by atoms with van der Waals surface area (Å²) in [6, 6.07) is 0. The van der Waals surface area contributed by atoms with E-state index in [-0.39, 0.29) is 0 Å². The number of rotatable bonds is 7. The molecule has 0 aliphatic heterocycles. The highest BCUT2D eigenvalue weighted by Gasteiger charge is 2.09. The molecule has 0 bridgehead atoms. The predicted octanol–water partition coefficient (Wildman–Crippen LogP) is 2.34. The van der Waals surface area contributed by atoms with E-state index < -0.39 is 0 Å². The molecule has 0 aromatic carbocycles. The molecule has 4 nitrogen and oxygen atoms in total. The van der Waals surface area contributed by atoms with Crippen molar-refractivity contribution < 1.29 is 0 Å². The lowest BCUT2D eigenvalue weighted by Crippen LogP contribution is -2.21. The summed E-state index contributed by atoms with van der Waals surface area (Å²) in [6.07, 6.45) is 2.19. The fraction of sp³-hybridized carbons (Fsp3) is 0.733. The van der Waals surface area contributed by atoms with Crippen LogP contribution in [0, 0.1) is 19.8 Å². The van der Waals surface area contributed by atoms with E-state index >= 15 is 0 Å². The first-order valence-corrected chi connectivity index (χ1v) is 7.14. The zero-order valence-corrected chi connectivity index (χ0v) is 13.2. The number of hydrogen-bond acceptors (Lipinski definition) is 4. The van der Waals surface area contributed by atoms with Gasteiger partial charge in [-0.05, 0) is 51.3 Å². The second-order valence-electron chi connectivity index (χ2n) is 5.77. The Hall–Kier alpha value is -1.16. The minimum absolute atomic E-state index is 0.714. The maximum atomic E-state index is 4.56. The van der Waals surface area contributed by atoms with Crippen molar-refractivity contribution in [2.24, 2.45) is 5.92 Å². The molecule has 0 aliphatic rings. The third-order valence-electron chi connectivity index (χ3n) is 3.14. The van der Waals surface area contributed by atoms with Crippen LogP contribution in [0.15, 0.2) is 0 Å². The first-order chi connectivity index (χ1) is 8.91. The molecule has 0 fully saturated rings. The van der Waals surface area contributed by atoms with Crippen LogP contribution < -0.4 is 10.2 Å². The van der Waals surface area contributed by atoms with Crippen molar-refractivity contribution in [2.75, 3.05) is 32.1 Å². The zero-order chi connectivity index (χ0) is 14.4. The maximum Gasteiger partial charge on any atom is 0.225 e. The van der Waals surface area contributed by atoms with E-state index in [4.69, 9.17) is 0 Å². The van der Waals surface area contributed by atoms with Crippen LogP contribution in [-0.2, 0) is 6.42 Å². The van der Waals surface area contributed by atoms with Crippen molar-refractivity contribution in [3.8, 4) is 0 Å². The standard InChI is InChI=1S/C15H28N4/c1-11(2)10-16-9-7-8-14-12(3)17-15(19(5)6)18-13(14)4/h11,16H,7-10H2,1-6H3. The van der Waals surface area contributed by atoms with Crippen molar-refractivity contribution in [1.82, 2.24) is 15.3 Å². The van der Waals surface area contributed by atoms with Gasteiger partial charge in [-0.1, -0.05) is 13.8 Å². The summed E-state index contributed by atoms with van der Waals surface area (Å²) in [5.74, 6) is 1.52. The first kappa shape index (κ1) is 15.9. The van der Waals surface area contributed by atoms with Crippen LogP contribution in [0.3, 0.4) is 0 Å². The second kappa shape index (κ2) is 7.43.